The summed E-state index contributed by atoms with van der Waals surface area (Å²) in [6.07, 6.45) is -0.0748. The van der Waals surface area contributed by atoms with Gasteiger partial charge in [-0.1, -0.05) is 36.4 Å². The molecule has 3 aromatic rings. The molecule has 0 bridgehead atoms. The monoisotopic (exact) mass is 361 g/mol. The van der Waals surface area contributed by atoms with Crippen molar-refractivity contribution in [1.29, 1.82) is 0 Å². The molecule has 1 aliphatic heterocycles. The van der Waals surface area contributed by atoms with E-state index in [0.29, 0.717) is 12.2 Å². The molecule has 0 fully saturated rings. The first-order chi connectivity index (χ1) is 13.2. The van der Waals surface area contributed by atoms with E-state index < -0.39 is 0 Å². The van der Waals surface area contributed by atoms with Gasteiger partial charge in [0.25, 0.3) is 5.91 Å². The predicted octanol–water partition coefficient (Wildman–Crippen LogP) is 3.59. The molecule has 2 aromatic carbocycles. The maximum Gasteiger partial charge on any atom is 0.272 e. The summed E-state index contributed by atoms with van der Waals surface area (Å²) >= 11 is 0. The Bertz CT molecular complexity index is 972. The van der Waals surface area contributed by atoms with E-state index >= 15 is 0 Å². The molecule has 1 atom stereocenters. The van der Waals surface area contributed by atoms with Crippen molar-refractivity contribution in [3.05, 3.63) is 66.4 Å². The van der Waals surface area contributed by atoms with E-state index in [-0.39, 0.29) is 12.0 Å². The number of nitrogens with zero attached hydrogens (tertiary/aromatic N) is 3. The minimum absolute atomic E-state index is 0.0748. The van der Waals surface area contributed by atoms with Gasteiger partial charge in [0.15, 0.2) is 0 Å². The zero-order chi connectivity index (χ0) is 18.8. The number of rotatable bonds is 4. The third kappa shape index (κ3) is 3.45. The normalized spacial score (nSPS) is 15.9. The van der Waals surface area contributed by atoms with Gasteiger partial charge in [0.05, 0.1) is 24.3 Å². The summed E-state index contributed by atoms with van der Waals surface area (Å²) < 4.78 is 6.13. The molecule has 0 aliphatic carbocycles. The van der Waals surface area contributed by atoms with Crippen LogP contribution in [0.1, 0.15) is 17.4 Å². The van der Waals surface area contributed by atoms with Crippen molar-refractivity contribution in [3.8, 4) is 5.75 Å². The highest BCUT2D eigenvalue weighted by Crippen LogP contribution is 2.32. The van der Waals surface area contributed by atoms with Gasteiger partial charge >= 0.3 is 0 Å². The minimum Gasteiger partial charge on any atom is -0.485 e. The quantitative estimate of drug-likeness (QED) is 0.712. The number of carbonyl (C=O) groups is 1. The van der Waals surface area contributed by atoms with Crippen LogP contribution in [0.5, 0.6) is 5.75 Å². The van der Waals surface area contributed by atoms with Crippen molar-refractivity contribution in [2.24, 2.45) is 0 Å². The summed E-state index contributed by atoms with van der Waals surface area (Å²) in [5.41, 5.74) is 2.40. The highest BCUT2D eigenvalue weighted by Gasteiger charge is 2.27. The number of ether oxygens (including phenoxy) is 1. The summed E-state index contributed by atoms with van der Waals surface area (Å²) in [6.45, 7) is 4.31. The van der Waals surface area contributed by atoms with Gasteiger partial charge in [-0.15, -0.1) is 0 Å². The summed E-state index contributed by atoms with van der Waals surface area (Å²) in [6, 6.07) is 19.6. The van der Waals surface area contributed by atoms with Crippen molar-refractivity contribution in [2.75, 3.05) is 31.6 Å². The van der Waals surface area contributed by atoms with Crippen LogP contribution in [0.2, 0.25) is 0 Å². The molecule has 0 unspecified atom stereocenters. The average Bonchev–Trinajstić information content (AvgIpc) is 2.72. The zero-order valence-corrected chi connectivity index (χ0v) is 15.6. The molecule has 0 radical (unpaired) electrons. The lowest BCUT2D eigenvalue weighted by atomic mass is 10.1. The van der Waals surface area contributed by atoms with Crippen molar-refractivity contribution in [2.45, 2.75) is 13.0 Å². The lowest BCUT2D eigenvalue weighted by Gasteiger charge is -2.37. The number of anilines is 1. The summed E-state index contributed by atoms with van der Waals surface area (Å²) in [4.78, 5) is 21.4. The number of aromatic nitrogens is 1. The second-order valence-corrected chi connectivity index (χ2v) is 6.82. The van der Waals surface area contributed by atoms with E-state index in [4.69, 9.17) is 4.74 Å². The number of para-hydroxylation sites is 3. The van der Waals surface area contributed by atoms with Gasteiger partial charge in [-0.2, -0.15) is 0 Å². The standard InChI is InChI=1S/C22H23N3O2/c1-3-25-15-17(27-21-11-7-6-10-20(21)25)14-24(2)22(26)19-13-12-16-8-4-5-9-18(16)23-19/h4-13,17H,3,14-15H2,1-2H3/t17-/m0/s1. The Morgan fingerprint density at radius 1 is 1.15 bits per heavy atom. The highest BCUT2D eigenvalue weighted by molar-refractivity contribution is 5.94. The molecule has 0 saturated carbocycles. The first-order valence-electron chi connectivity index (χ1n) is 9.27. The maximum atomic E-state index is 12.9. The molecule has 0 saturated heterocycles. The SMILES string of the molecule is CCN1C[C@H](CN(C)C(=O)c2ccc3ccccc3n2)Oc2ccccc21. The van der Waals surface area contributed by atoms with Gasteiger partial charge in [0.2, 0.25) is 0 Å². The van der Waals surface area contributed by atoms with Crippen LogP contribution < -0.4 is 9.64 Å². The fraction of sp³-hybridized carbons (Fsp3) is 0.273. The first kappa shape index (κ1) is 17.3. The molecule has 1 amide bonds. The fourth-order valence-corrected chi connectivity index (χ4v) is 3.54. The van der Waals surface area contributed by atoms with Crippen LogP contribution in [0.25, 0.3) is 10.9 Å². The molecule has 2 heterocycles. The van der Waals surface area contributed by atoms with E-state index in [1.165, 1.54) is 0 Å². The number of pyridine rings is 1. The Balaban J connectivity index is 1.49. The lowest BCUT2D eigenvalue weighted by molar-refractivity contribution is 0.0704. The fourth-order valence-electron chi connectivity index (χ4n) is 3.54. The van der Waals surface area contributed by atoms with E-state index in [1.807, 2.05) is 48.5 Å². The van der Waals surface area contributed by atoms with Crippen LogP contribution in [0.3, 0.4) is 0 Å². The lowest BCUT2D eigenvalue weighted by Crippen LogP contribution is -2.46. The molecule has 27 heavy (non-hydrogen) atoms. The van der Waals surface area contributed by atoms with Crippen molar-refractivity contribution >= 4 is 22.5 Å². The van der Waals surface area contributed by atoms with E-state index in [9.17, 15) is 4.79 Å². The second kappa shape index (κ2) is 7.27. The number of likely N-dealkylation sites (N-methyl/N-ethyl adjacent to an activating group) is 2. The van der Waals surface area contributed by atoms with Gasteiger partial charge < -0.3 is 14.5 Å². The Morgan fingerprint density at radius 2 is 1.93 bits per heavy atom. The van der Waals surface area contributed by atoms with Gasteiger partial charge in [-0.3, -0.25) is 4.79 Å². The Morgan fingerprint density at radius 3 is 2.78 bits per heavy atom. The van der Waals surface area contributed by atoms with E-state index in [2.05, 4.69) is 22.9 Å². The van der Waals surface area contributed by atoms with Crippen LogP contribution in [-0.4, -0.2) is 48.6 Å². The Labute approximate surface area is 159 Å². The topological polar surface area (TPSA) is 45.7 Å². The van der Waals surface area contributed by atoms with Gasteiger partial charge in [0, 0.05) is 19.0 Å². The molecule has 5 nitrogen and oxygen atoms in total. The minimum atomic E-state index is -0.0914. The third-order valence-electron chi connectivity index (χ3n) is 4.95. The second-order valence-electron chi connectivity index (χ2n) is 6.82. The Hall–Kier alpha value is -3.08. The van der Waals surface area contributed by atoms with Gasteiger partial charge in [-0.05, 0) is 31.2 Å². The maximum absolute atomic E-state index is 12.9. The number of amides is 1. The van der Waals surface area contributed by atoms with E-state index in [0.717, 1.165) is 35.4 Å². The zero-order valence-electron chi connectivity index (χ0n) is 15.6. The van der Waals surface area contributed by atoms with Crippen LogP contribution >= 0.6 is 0 Å². The van der Waals surface area contributed by atoms with Gasteiger partial charge in [0.1, 0.15) is 17.5 Å². The molecule has 5 heteroatoms. The molecule has 138 valence electrons. The van der Waals surface area contributed by atoms with Gasteiger partial charge in [-0.25, -0.2) is 4.98 Å². The molecule has 4 rings (SSSR count). The van der Waals surface area contributed by atoms with Crippen molar-refractivity contribution in [3.63, 3.8) is 0 Å². The third-order valence-corrected chi connectivity index (χ3v) is 4.95. The highest BCUT2D eigenvalue weighted by atomic mass is 16.5. The van der Waals surface area contributed by atoms with Crippen LogP contribution in [0, 0.1) is 0 Å². The number of hydrogen-bond acceptors (Lipinski definition) is 4. The number of benzene rings is 2. The van der Waals surface area contributed by atoms with Crippen molar-refractivity contribution in [1.82, 2.24) is 9.88 Å². The molecule has 1 aliphatic rings. The predicted molar refractivity (Wildman–Crippen MR) is 107 cm³/mol. The summed E-state index contributed by atoms with van der Waals surface area (Å²) in [7, 11) is 1.80. The van der Waals surface area contributed by atoms with E-state index in [1.54, 1.807) is 18.0 Å². The Kier molecular flexibility index (Phi) is 4.67. The van der Waals surface area contributed by atoms with Crippen molar-refractivity contribution < 1.29 is 9.53 Å². The summed E-state index contributed by atoms with van der Waals surface area (Å²) in [5.74, 6) is 0.784. The molecular formula is C22H23N3O2. The number of fused-ring (bicyclic) bond motifs is 2. The number of carbonyl (C=O) groups excluding carboxylic acids is 1. The first-order valence-corrected chi connectivity index (χ1v) is 9.27. The summed E-state index contributed by atoms with van der Waals surface area (Å²) in [5, 5.41) is 1.03. The van der Waals surface area contributed by atoms with Crippen LogP contribution in [0.4, 0.5) is 5.69 Å². The van der Waals surface area contributed by atoms with Crippen LogP contribution in [-0.2, 0) is 0 Å². The average molecular weight is 361 g/mol. The molecule has 0 N–H and O–H groups in total. The van der Waals surface area contributed by atoms with Crippen LogP contribution in [0.15, 0.2) is 60.7 Å². The molecule has 1 aromatic heterocycles. The number of hydrogen-bond donors (Lipinski definition) is 0. The smallest absolute Gasteiger partial charge is 0.272 e. The molecule has 0 spiro atoms. The largest absolute Gasteiger partial charge is 0.485 e. The molecular weight excluding hydrogens is 338 g/mol.